The molecule has 0 aromatic carbocycles. The van der Waals surface area contributed by atoms with Gasteiger partial charge in [0, 0.05) is 33.4 Å². The third-order valence-electron chi connectivity index (χ3n) is 2.95. The maximum atomic E-state index is 12.6. The molecule has 0 aliphatic heterocycles. The molecule has 120 valence electrons. The number of aromatic nitrogens is 2. The van der Waals surface area contributed by atoms with Crippen LogP contribution in [0.25, 0.3) is 0 Å². The lowest BCUT2D eigenvalue weighted by molar-refractivity contribution is 0.0601. The van der Waals surface area contributed by atoms with Gasteiger partial charge in [-0.2, -0.15) is 4.31 Å². The van der Waals surface area contributed by atoms with E-state index in [0.717, 1.165) is 19.6 Å². The molecule has 8 nitrogen and oxygen atoms in total. The molecule has 0 aliphatic rings. The molecule has 0 spiro atoms. The number of aryl methyl sites for hydroxylation is 1. The summed E-state index contributed by atoms with van der Waals surface area (Å²) in [6.45, 7) is 4.50. The average molecular weight is 319 g/mol. The fourth-order valence-electron chi connectivity index (χ4n) is 1.89. The fraction of sp³-hybridized carbons (Fsp3) is 0.667. The molecule has 0 atom stereocenters. The van der Waals surface area contributed by atoms with E-state index in [1.54, 1.807) is 6.92 Å². The van der Waals surface area contributed by atoms with Gasteiger partial charge in [-0.3, -0.25) is 9.36 Å². The summed E-state index contributed by atoms with van der Waals surface area (Å²) in [6.07, 6.45) is 1.01. The number of aliphatic hydroxyl groups is 1. The van der Waals surface area contributed by atoms with Crippen molar-refractivity contribution in [1.29, 1.82) is 0 Å². The Hall–Kier alpha value is -1.45. The maximum Gasteiger partial charge on any atom is 0.330 e. The van der Waals surface area contributed by atoms with E-state index in [0.29, 0.717) is 0 Å². The molecule has 0 saturated carbocycles. The van der Waals surface area contributed by atoms with Crippen molar-refractivity contribution in [2.75, 3.05) is 13.1 Å². The van der Waals surface area contributed by atoms with Gasteiger partial charge < -0.3 is 9.67 Å². The zero-order valence-electron chi connectivity index (χ0n) is 12.8. The Morgan fingerprint density at radius 2 is 1.81 bits per heavy atom. The van der Waals surface area contributed by atoms with E-state index >= 15 is 0 Å². The van der Waals surface area contributed by atoms with Gasteiger partial charge in [0.15, 0.2) is 4.90 Å². The molecule has 0 fully saturated rings. The minimum Gasteiger partial charge on any atom is -0.389 e. The molecule has 0 radical (unpaired) electrons. The Morgan fingerprint density at radius 3 is 2.24 bits per heavy atom. The van der Waals surface area contributed by atoms with Gasteiger partial charge in [0.05, 0.1) is 5.60 Å². The van der Waals surface area contributed by atoms with Gasteiger partial charge in [-0.1, -0.05) is 6.92 Å². The minimum atomic E-state index is -4.10. The summed E-state index contributed by atoms with van der Waals surface area (Å²) in [7, 11) is -1.51. The molecule has 21 heavy (non-hydrogen) atoms. The van der Waals surface area contributed by atoms with Crippen LogP contribution in [0.3, 0.4) is 0 Å². The van der Waals surface area contributed by atoms with Crippen LogP contribution in [0.5, 0.6) is 0 Å². The van der Waals surface area contributed by atoms with Crippen LogP contribution in [-0.2, 0) is 24.1 Å². The lowest BCUT2D eigenvalue weighted by Gasteiger charge is -2.27. The first-order chi connectivity index (χ1) is 9.41. The van der Waals surface area contributed by atoms with Crippen LogP contribution in [-0.4, -0.2) is 45.7 Å². The van der Waals surface area contributed by atoms with E-state index in [4.69, 9.17) is 0 Å². The van der Waals surface area contributed by atoms with Crippen LogP contribution < -0.4 is 11.2 Å². The summed E-state index contributed by atoms with van der Waals surface area (Å²) in [5, 5.41) is 9.81. The SMILES string of the molecule is CCN(CC(C)(C)O)S(=O)(=O)c1cn(C)c(=O)n(C)c1=O. The summed E-state index contributed by atoms with van der Waals surface area (Å²) in [5.74, 6) is 0. The Kier molecular flexibility index (Phi) is 4.81. The van der Waals surface area contributed by atoms with Crippen molar-refractivity contribution in [1.82, 2.24) is 13.4 Å². The van der Waals surface area contributed by atoms with Gasteiger partial charge in [-0.25, -0.2) is 13.2 Å². The van der Waals surface area contributed by atoms with Crippen LogP contribution in [0.4, 0.5) is 0 Å². The zero-order valence-corrected chi connectivity index (χ0v) is 13.6. The predicted octanol–water partition coefficient (Wildman–Crippen LogP) is -1.13. The second kappa shape index (κ2) is 5.74. The minimum absolute atomic E-state index is 0.0956. The van der Waals surface area contributed by atoms with Crippen molar-refractivity contribution in [3.05, 3.63) is 27.0 Å². The van der Waals surface area contributed by atoms with Gasteiger partial charge >= 0.3 is 5.69 Å². The first-order valence-corrected chi connectivity index (χ1v) is 7.85. The van der Waals surface area contributed by atoms with E-state index in [9.17, 15) is 23.1 Å². The third-order valence-corrected chi connectivity index (χ3v) is 4.85. The molecule has 1 heterocycles. The largest absolute Gasteiger partial charge is 0.389 e. The lowest BCUT2D eigenvalue weighted by Crippen LogP contribution is -2.46. The van der Waals surface area contributed by atoms with Gasteiger partial charge in [0.25, 0.3) is 5.56 Å². The highest BCUT2D eigenvalue weighted by Gasteiger charge is 2.31. The highest BCUT2D eigenvalue weighted by molar-refractivity contribution is 7.89. The number of likely N-dealkylation sites (N-methyl/N-ethyl adjacent to an activating group) is 1. The first kappa shape index (κ1) is 17.6. The highest BCUT2D eigenvalue weighted by atomic mass is 32.2. The highest BCUT2D eigenvalue weighted by Crippen LogP contribution is 2.14. The Balaban J connectivity index is 3.51. The number of nitrogens with zero attached hydrogens (tertiary/aromatic N) is 3. The Bertz CT molecular complexity index is 740. The van der Waals surface area contributed by atoms with Crippen molar-refractivity contribution >= 4 is 10.0 Å². The molecule has 9 heteroatoms. The van der Waals surface area contributed by atoms with Gasteiger partial charge in [0.1, 0.15) is 0 Å². The third kappa shape index (κ3) is 3.60. The van der Waals surface area contributed by atoms with Crippen LogP contribution in [0, 0.1) is 0 Å². The van der Waals surface area contributed by atoms with Crippen molar-refractivity contribution < 1.29 is 13.5 Å². The van der Waals surface area contributed by atoms with Crippen molar-refractivity contribution in [2.45, 2.75) is 31.3 Å². The van der Waals surface area contributed by atoms with Crippen LogP contribution in [0.1, 0.15) is 20.8 Å². The van der Waals surface area contributed by atoms with Gasteiger partial charge in [0.2, 0.25) is 10.0 Å². The van der Waals surface area contributed by atoms with E-state index in [1.165, 1.54) is 27.9 Å². The molecule has 1 N–H and O–H groups in total. The molecule has 0 saturated heterocycles. The van der Waals surface area contributed by atoms with Crippen LogP contribution in [0.15, 0.2) is 20.7 Å². The number of rotatable bonds is 5. The maximum absolute atomic E-state index is 12.6. The normalized spacial score (nSPS) is 12.9. The molecule has 0 bridgehead atoms. The van der Waals surface area contributed by atoms with Gasteiger partial charge in [-0.15, -0.1) is 0 Å². The predicted molar refractivity (Wildman–Crippen MR) is 77.7 cm³/mol. The van der Waals surface area contributed by atoms with E-state index in [2.05, 4.69) is 0 Å². The van der Waals surface area contributed by atoms with Crippen molar-refractivity contribution in [2.24, 2.45) is 14.1 Å². The fourth-order valence-corrected chi connectivity index (χ4v) is 3.64. The molecule has 1 aromatic rings. The smallest absolute Gasteiger partial charge is 0.330 e. The molecule has 0 unspecified atom stereocenters. The van der Waals surface area contributed by atoms with Crippen molar-refractivity contribution in [3.63, 3.8) is 0 Å². The summed E-state index contributed by atoms with van der Waals surface area (Å²) >= 11 is 0. The van der Waals surface area contributed by atoms with Crippen LogP contribution >= 0.6 is 0 Å². The zero-order chi connectivity index (χ0) is 16.6. The number of hydrogen-bond acceptors (Lipinski definition) is 5. The Labute approximate surface area is 123 Å². The second-order valence-electron chi connectivity index (χ2n) is 5.49. The first-order valence-electron chi connectivity index (χ1n) is 6.41. The number of hydrogen-bond donors (Lipinski definition) is 1. The number of sulfonamides is 1. The monoisotopic (exact) mass is 319 g/mol. The molecular formula is C12H21N3O5S. The van der Waals surface area contributed by atoms with Crippen molar-refractivity contribution in [3.8, 4) is 0 Å². The van der Waals surface area contributed by atoms with Crippen LogP contribution in [0.2, 0.25) is 0 Å². The molecule has 0 aliphatic carbocycles. The van der Waals surface area contributed by atoms with E-state index in [1.807, 2.05) is 0 Å². The molecular weight excluding hydrogens is 298 g/mol. The summed E-state index contributed by atoms with van der Waals surface area (Å²) in [4.78, 5) is 23.2. The standard InChI is InChI=1S/C12H21N3O5S/c1-6-15(8-12(2,3)18)21(19,20)9-7-13(4)11(17)14(5)10(9)16/h7,18H,6,8H2,1-5H3. The van der Waals surface area contributed by atoms with E-state index < -0.39 is 31.8 Å². The quantitative estimate of drug-likeness (QED) is 0.739. The average Bonchev–Trinajstić information content (AvgIpc) is 2.36. The summed E-state index contributed by atoms with van der Waals surface area (Å²) in [5.41, 5.74) is -2.73. The summed E-state index contributed by atoms with van der Waals surface area (Å²) < 4.78 is 27.9. The lowest BCUT2D eigenvalue weighted by atomic mass is 10.1. The van der Waals surface area contributed by atoms with Gasteiger partial charge in [-0.05, 0) is 13.8 Å². The topological polar surface area (TPSA) is 102 Å². The molecule has 0 amide bonds. The van der Waals surface area contributed by atoms with E-state index in [-0.39, 0.29) is 13.1 Å². The summed E-state index contributed by atoms with van der Waals surface area (Å²) in [6, 6.07) is 0. The second-order valence-corrected chi connectivity index (χ2v) is 7.40. The molecule has 1 rings (SSSR count). The molecule has 1 aromatic heterocycles. The Morgan fingerprint density at radius 1 is 1.29 bits per heavy atom.